The van der Waals surface area contributed by atoms with Gasteiger partial charge in [-0.25, -0.2) is 4.68 Å². The molecule has 0 spiro atoms. The molecule has 0 saturated carbocycles. The van der Waals surface area contributed by atoms with Gasteiger partial charge in [0.25, 0.3) is 5.56 Å². The van der Waals surface area contributed by atoms with E-state index in [0.717, 1.165) is 22.0 Å². The minimum atomic E-state index is -0.409. The molecule has 3 N–H and O–H groups in total. The number of amides is 1. The molecule has 0 bridgehead atoms. The van der Waals surface area contributed by atoms with Crippen LogP contribution in [-0.2, 0) is 11.8 Å². The van der Waals surface area contributed by atoms with E-state index in [2.05, 4.69) is 16.0 Å². The number of thioether (sulfide) groups is 1. The SMILES string of the molecule is Cc1c(NC(=O)C(C)Sc2ccc(NC(=S)Nc3ccccc3)cc2)c(=O)n(-c2ccccc2)n1C. The molecule has 1 atom stereocenters. The van der Waals surface area contributed by atoms with Gasteiger partial charge in [0.1, 0.15) is 5.69 Å². The summed E-state index contributed by atoms with van der Waals surface area (Å²) in [5.74, 6) is -0.235. The molecule has 184 valence electrons. The topological polar surface area (TPSA) is 80.1 Å². The number of aromatic nitrogens is 2. The van der Waals surface area contributed by atoms with Crippen molar-refractivity contribution in [3.63, 3.8) is 0 Å². The third kappa shape index (κ3) is 5.87. The number of carbonyl (C=O) groups is 1. The molecule has 1 heterocycles. The molecule has 36 heavy (non-hydrogen) atoms. The molecule has 1 unspecified atom stereocenters. The minimum Gasteiger partial charge on any atom is -0.332 e. The Hall–Kier alpha value is -3.82. The van der Waals surface area contributed by atoms with E-state index in [4.69, 9.17) is 12.2 Å². The number of rotatable bonds is 7. The number of para-hydroxylation sites is 2. The summed E-state index contributed by atoms with van der Waals surface area (Å²) in [4.78, 5) is 26.9. The lowest BCUT2D eigenvalue weighted by atomic mass is 10.3. The van der Waals surface area contributed by atoms with Crippen LogP contribution in [0.4, 0.5) is 17.1 Å². The van der Waals surface area contributed by atoms with Gasteiger partial charge < -0.3 is 16.0 Å². The molecule has 3 aromatic carbocycles. The van der Waals surface area contributed by atoms with E-state index >= 15 is 0 Å². The molecule has 1 aromatic heterocycles. The van der Waals surface area contributed by atoms with Crippen LogP contribution in [0.15, 0.2) is 94.6 Å². The third-order valence-electron chi connectivity index (χ3n) is 5.63. The standard InChI is InChI=1S/C27H27N5O2S2/c1-18-24(26(34)32(31(18)3)22-12-8-5-9-13-22)30-25(33)19(2)36-23-16-14-21(15-17-23)29-27(35)28-20-10-6-4-7-11-20/h4-17,19H,1-3H3,(H,30,33)(H2,28,29,35). The van der Waals surface area contributed by atoms with Gasteiger partial charge in [0.2, 0.25) is 5.91 Å². The van der Waals surface area contributed by atoms with Gasteiger partial charge in [-0.3, -0.25) is 14.3 Å². The monoisotopic (exact) mass is 517 g/mol. The first-order chi connectivity index (χ1) is 17.3. The molecule has 4 rings (SSSR count). The third-order valence-corrected chi connectivity index (χ3v) is 6.94. The highest BCUT2D eigenvalue weighted by Gasteiger charge is 2.21. The normalized spacial score (nSPS) is 11.5. The lowest BCUT2D eigenvalue weighted by Gasteiger charge is -2.13. The van der Waals surface area contributed by atoms with Crippen molar-refractivity contribution in [3.8, 4) is 5.69 Å². The summed E-state index contributed by atoms with van der Waals surface area (Å²) >= 11 is 6.79. The second-order valence-electron chi connectivity index (χ2n) is 8.16. The van der Waals surface area contributed by atoms with Crippen LogP contribution in [-0.4, -0.2) is 25.6 Å². The van der Waals surface area contributed by atoms with E-state index in [1.54, 1.807) is 16.4 Å². The fourth-order valence-corrected chi connectivity index (χ4v) is 4.73. The zero-order valence-electron chi connectivity index (χ0n) is 20.2. The number of benzene rings is 3. The van der Waals surface area contributed by atoms with Gasteiger partial charge in [-0.2, -0.15) is 0 Å². The van der Waals surface area contributed by atoms with E-state index in [1.807, 2.05) is 98.8 Å². The van der Waals surface area contributed by atoms with Crippen LogP contribution in [0.3, 0.4) is 0 Å². The lowest BCUT2D eigenvalue weighted by Crippen LogP contribution is -2.27. The van der Waals surface area contributed by atoms with Gasteiger partial charge in [0.05, 0.1) is 16.6 Å². The van der Waals surface area contributed by atoms with Gasteiger partial charge in [-0.05, 0) is 74.6 Å². The largest absolute Gasteiger partial charge is 0.332 e. The maximum Gasteiger partial charge on any atom is 0.295 e. The highest BCUT2D eigenvalue weighted by Crippen LogP contribution is 2.26. The van der Waals surface area contributed by atoms with Crippen molar-refractivity contribution in [1.82, 2.24) is 9.36 Å². The second kappa shape index (κ2) is 11.3. The smallest absolute Gasteiger partial charge is 0.295 e. The molecule has 0 aliphatic rings. The van der Waals surface area contributed by atoms with Crippen LogP contribution in [0.5, 0.6) is 0 Å². The van der Waals surface area contributed by atoms with Crippen molar-refractivity contribution in [1.29, 1.82) is 0 Å². The van der Waals surface area contributed by atoms with Crippen LogP contribution in [0.1, 0.15) is 12.6 Å². The molecular formula is C27H27N5O2S2. The van der Waals surface area contributed by atoms with Gasteiger partial charge in [-0.15, -0.1) is 11.8 Å². The van der Waals surface area contributed by atoms with Crippen LogP contribution in [0.25, 0.3) is 5.69 Å². The number of anilines is 3. The Bertz CT molecular complexity index is 1410. The Morgan fingerprint density at radius 2 is 1.42 bits per heavy atom. The first kappa shape index (κ1) is 25.3. The summed E-state index contributed by atoms with van der Waals surface area (Å²) in [5.41, 5.74) is 3.20. The summed E-state index contributed by atoms with van der Waals surface area (Å²) < 4.78 is 3.29. The molecule has 0 fully saturated rings. The molecular weight excluding hydrogens is 490 g/mol. The van der Waals surface area contributed by atoms with Gasteiger partial charge in [-0.1, -0.05) is 36.4 Å². The molecule has 0 aliphatic heterocycles. The summed E-state index contributed by atoms with van der Waals surface area (Å²) in [6, 6.07) is 26.7. The zero-order chi connectivity index (χ0) is 25.7. The number of nitrogens with one attached hydrogen (secondary N) is 3. The predicted octanol–water partition coefficient (Wildman–Crippen LogP) is 5.41. The molecule has 4 aromatic rings. The quantitative estimate of drug-likeness (QED) is 0.225. The molecule has 1 amide bonds. The summed E-state index contributed by atoms with van der Waals surface area (Å²) in [6.07, 6.45) is 0. The maximum atomic E-state index is 13.1. The Morgan fingerprint density at radius 1 is 0.861 bits per heavy atom. The Kier molecular flexibility index (Phi) is 7.92. The first-order valence-corrected chi connectivity index (χ1v) is 12.7. The average Bonchev–Trinajstić information content (AvgIpc) is 3.09. The number of carbonyl (C=O) groups excluding carboxylic acids is 1. The van der Waals surface area contributed by atoms with E-state index in [-0.39, 0.29) is 17.2 Å². The molecule has 9 heteroatoms. The van der Waals surface area contributed by atoms with Gasteiger partial charge in [0, 0.05) is 23.3 Å². The van der Waals surface area contributed by atoms with Gasteiger partial charge >= 0.3 is 0 Å². The summed E-state index contributed by atoms with van der Waals surface area (Å²) in [5, 5.41) is 9.21. The maximum absolute atomic E-state index is 13.1. The van der Waals surface area contributed by atoms with E-state index in [1.165, 1.54) is 11.8 Å². The van der Waals surface area contributed by atoms with Crippen LogP contribution < -0.4 is 21.5 Å². The molecule has 7 nitrogen and oxygen atoms in total. The Morgan fingerprint density at radius 3 is 2.03 bits per heavy atom. The van der Waals surface area contributed by atoms with Gasteiger partial charge in [0.15, 0.2) is 5.11 Å². The number of hydrogen-bond donors (Lipinski definition) is 3. The highest BCUT2D eigenvalue weighted by atomic mass is 32.2. The van der Waals surface area contributed by atoms with Crippen molar-refractivity contribution in [2.75, 3.05) is 16.0 Å². The van der Waals surface area contributed by atoms with Crippen molar-refractivity contribution < 1.29 is 4.79 Å². The fraction of sp³-hybridized carbons (Fsp3) is 0.148. The number of hydrogen-bond acceptors (Lipinski definition) is 4. The van der Waals surface area contributed by atoms with Crippen LogP contribution in [0, 0.1) is 6.92 Å². The van der Waals surface area contributed by atoms with E-state index < -0.39 is 5.25 Å². The molecule has 0 aliphatic carbocycles. The van der Waals surface area contributed by atoms with Crippen molar-refractivity contribution in [2.45, 2.75) is 24.0 Å². The Balaban J connectivity index is 1.37. The fourth-order valence-electron chi connectivity index (χ4n) is 3.63. The second-order valence-corrected chi connectivity index (χ2v) is 9.98. The summed E-state index contributed by atoms with van der Waals surface area (Å²) in [7, 11) is 1.80. The Labute approximate surface area is 219 Å². The van der Waals surface area contributed by atoms with Crippen molar-refractivity contribution >= 4 is 52.1 Å². The van der Waals surface area contributed by atoms with Crippen molar-refractivity contribution in [3.05, 3.63) is 101 Å². The van der Waals surface area contributed by atoms with Crippen LogP contribution in [0.2, 0.25) is 0 Å². The van der Waals surface area contributed by atoms with Crippen molar-refractivity contribution in [2.24, 2.45) is 7.05 Å². The first-order valence-electron chi connectivity index (χ1n) is 11.4. The number of nitrogens with zero attached hydrogens (tertiary/aromatic N) is 2. The van der Waals surface area contributed by atoms with E-state index in [9.17, 15) is 9.59 Å². The predicted molar refractivity (Wildman–Crippen MR) is 152 cm³/mol. The zero-order valence-corrected chi connectivity index (χ0v) is 21.8. The highest BCUT2D eigenvalue weighted by molar-refractivity contribution is 8.00. The summed E-state index contributed by atoms with van der Waals surface area (Å²) in [6.45, 7) is 3.64. The molecule has 0 saturated heterocycles. The molecule has 0 radical (unpaired) electrons. The van der Waals surface area contributed by atoms with E-state index in [0.29, 0.717) is 10.8 Å². The minimum absolute atomic E-state index is 0.235. The van der Waals surface area contributed by atoms with Crippen LogP contribution >= 0.6 is 24.0 Å². The number of thiocarbonyl (C=S) groups is 1. The lowest BCUT2D eigenvalue weighted by molar-refractivity contribution is -0.115. The average molecular weight is 518 g/mol.